The Morgan fingerprint density at radius 1 is 1.50 bits per heavy atom. The lowest BCUT2D eigenvalue weighted by Crippen LogP contribution is -2.53. The number of amides is 1. The van der Waals surface area contributed by atoms with E-state index in [4.69, 9.17) is 4.74 Å². The predicted octanol–water partition coefficient (Wildman–Crippen LogP) is 0.278. The molecule has 1 aliphatic rings. The van der Waals surface area contributed by atoms with E-state index in [0.29, 0.717) is 0 Å². The second kappa shape index (κ2) is 4.28. The highest BCUT2D eigenvalue weighted by Crippen LogP contribution is 2.05. The highest BCUT2D eigenvalue weighted by molar-refractivity contribution is 5.81. The Hall–Kier alpha value is -0.610. The van der Waals surface area contributed by atoms with Gasteiger partial charge in [0.1, 0.15) is 6.10 Å². The zero-order valence-electron chi connectivity index (χ0n) is 9.39. The van der Waals surface area contributed by atoms with Crippen LogP contribution >= 0.6 is 0 Å². The smallest absolute Gasteiger partial charge is 0.249 e. The number of carbonyl (C=O) groups excluding carboxylic acids is 1. The molecule has 2 N–H and O–H groups in total. The summed E-state index contributed by atoms with van der Waals surface area (Å²) in [6.07, 6.45) is -0.156. The van der Waals surface area contributed by atoms with Crippen molar-refractivity contribution in [2.45, 2.75) is 45.4 Å². The van der Waals surface area contributed by atoms with Gasteiger partial charge in [0, 0.05) is 18.6 Å². The van der Waals surface area contributed by atoms with Gasteiger partial charge in [-0.25, -0.2) is 0 Å². The minimum Gasteiger partial charge on any atom is -0.363 e. The number of nitrogens with one attached hydrogen (secondary N) is 2. The molecule has 1 unspecified atom stereocenters. The molecule has 0 radical (unpaired) electrons. The van der Waals surface area contributed by atoms with Crippen LogP contribution < -0.4 is 10.6 Å². The molecular weight excluding hydrogens is 180 g/mol. The molecule has 1 atom stereocenters. The van der Waals surface area contributed by atoms with Crippen LogP contribution in [0.1, 0.15) is 27.7 Å². The van der Waals surface area contributed by atoms with Crippen molar-refractivity contribution in [1.29, 1.82) is 0 Å². The molecule has 1 aliphatic heterocycles. The first kappa shape index (κ1) is 11.5. The first-order valence-electron chi connectivity index (χ1n) is 5.07. The van der Waals surface area contributed by atoms with Gasteiger partial charge in [-0.15, -0.1) is 0 Å². The van der Waals surface area contributed by atoms with E-state index in [2.05, 4.69) is 10.6 Å². The number of carbonyl (C=O) groups is 1. The summed E-state index contributed by atoms with van der Waals surface area (Å²) in [4.78, 5) is 11.6. The highest BCUT2D eigenvalue weighted by atomic mass is 16.5. The predicted molar refractivity (Wildman–Crippen MR) is 55.1 cm³/mol. The van der Waals surface area contributed by atoms with Crippen LogP contribution in [0.2, 0.25) is 0 Å². The molecule has 0 saturated carbocycles. The summed E-state index contributed by atoms with van der Waals surface area (Å²) in [6.45, 7) is 9.38. The fourth-order valence-electron chi connectivity index (χ4n) is 1.18. The maximum atomic E-state index is 11.6. The molecule has 4 heteroatoms. The number of rotatable bonds is 3. The molecule has 0 aromatic rings. The van der Waals surface area contributed by atoms with Crippen molar-refractivity contribution in [3.05, 3.63) is 0 Å². The Bertz CT molecular complexity index is 207. The lowest BCUT2D eigenvalue weighted by atomic mass is 10.1. The second-order valence-electron chi connectivity index (χ2n) is 4.80. The monoisotopic (exact) mass is 200 g/mol. The van der Waals surface area contributed by atoms with Gasteiger partial charge in [0.05, 0.1) is 6.10 Å². The molecule has 1 saturated heterocycles. The van der Waals surface area contributed by atoms with Crippen LogP contribution in [-0.2, 0) is 9.53 Å². The van der Waals surface area contributed by atoms with Gasteiger partial charge < -0.3 is 15.4 Å². The van der Waals surface area contributed by atoms with Gasteiger partial charge in [-0.3, -0.25) is 4.79 Å². The van der Waals surface area contributed by atoms with E-state index in [1.807, 2.05) is 20.8 Å². The standard InChI is InChI=1S/C10H20N2O2/c1-7(14-8-5-11-6-8)9(13)12-10(2,3)4/h7-8,11H,5-6H2,1-4H3,(H,12,13). The largest absolute Gasteiger partial charge is 0.363 e. The fourth-order valence-corrected chi connectivity index (χ4v) is 1.18. The van der Waals surface area contributed by atoms with Gasteiger partial charge in [-0.2, -0.15) is 0 Å². The minimum atomic E-state index is -0.360. The average Bonchev–Trinajstić information content (AvgIpc) is 1.92. The van der Waals surface area contributed by atoms with Crippen molar-refractivity contribution in [1.82, 2.24) is 10.6 Å². The van der Waals surface area contributed by atoms with Crippen LogP contribution in [0.4, 0.5) is 0 Å². The summed E-state index contributed by atoms with van der Waals surface area (Å²) in [6, 6.07) is 0. The maximum absolute atomic E-state index is 11.6. The number of hydrogen-bond donors (Lipinski definition) is 2. The maximum Gasteiger partial charge on any atom is 0.249 e. The summed E-state index contributed by atoms with van der Waals surface area (Å²) in [7, 11) is 0. The SMILES string of the molecule is CC(OC1CNC1)C(=O)NC(C)(C)C. The van der Waals surface area contributed by atoms with Crippen molar-refractivity contribution in [3.63, 3.8) is 0 Å². The van der Waals surface area contributed by atoms with E-state index < -0.39 is 0 Å². The lowest BCUT2D eigenvalue weighted by molar-refractivity contribution is -0.138. The second-order valence-corrected chi connectivity index (χ2v) is 4.80. The Morgan fingerprint density at radius 3 is 2.43 bits per heavy atom. The minimum absolute atomic E-state index is 0.0376. The molecule has 0 bridgehead atoms. The van der Waals surface area contributed by atoms with Gasteiger partial charge in [-0.1, -0.05) is 0 Å². The third kappa shape index (κ3) is 3.64. The van der Waals surface area contributed by atoms with Gasteiger partial charge in [0.25, 0.3) is 0 Å². The van der Waals surface area contributed by atoms with Crippen LogP contribution in [-0.4, -0.2) is 36.7 Å². The Morgan fingerprint density at radius 2 is 2.07 bits per heavy atom. The molecule has 14 heavy (non-hydrogen) atoms. The van der Waals surface area contributed by atoms with Gasteiger partial charge >= 0.3 is 0 Å². The molecular formula is C10H20N2O2. The first-order chi connectivity index (χ1) is 6.38. The zero-order chi connectivity index (χ0) is 10.8. The molecule has 1 rings (SSSR count). The Balaban J connectivity index is 2.28. The summed E-state index contributed by atoms with van der Waals surface area (Å²) in [5.41, 5.74) is -0.188. The van der Waals surface area contributed by atoms with Crippen LogP contribution in [0, 0.1) is 0 Å². The molecule has 1 heterocycles. The van der Waals surface area contributed by atoms with Crippen molar-refractivity contribution in [2.24, 2.45) is 0 Å². The van der Waals surface area contributed by atoms with E-state index in [-0.39, 0.29) is 23.7 Å². The number of ether oxygens (including phenoxy) is 1. The molecule has 82 valence electrons. The number of hydrogen-bond acceptors (Lipinski definition) is 3. The van der Waals surface area contributed by atoms with Crippen LogP contribution in [0.15, 0.2) is 0 Å². The third-order valence-corrected chi connectivity index (χ3v) is 2.01. The van der Waals surface area contributed by atoms with E-state index in [1.165, 1.54) is 0 Å². The van der Waals surface area contributed by atoms with Crippen LogP contribution in [0.3, 0.4) is 0 Å². The normalized spacial score (nSPS) is 20.0. The fraction of sp³-hybridized carbons (Fsp3) is 0.900. The lowest BCUT2D eigenvalue weighted by Gasteiger charge is -2.31. The summed E-state index contributed by atoms with van der Waals surface area (Å²) < 4.78 is 5.52. The van der Waals surface area contributed by atoms with Gasteiger partial charge in [0.2, 0.25) is 5.91 Å². The molecule has 4 nitrogen and oxygen atoms in total. The molecule has 0 aromatic carbocycles. The van der Waals surface area contributed by atoms with Crippen LogP contribution in [0.5, 0.6) is 0 Å². The summed E-state index contributed by atoms with van der Waals surface area (Å²) >= 11 is 0. The molecule has 1 fully saturated rings. The highest BCUT2D eigenvalue weighted by Gasteiger charge is 2.25. The molecule has 0 aromatic heterocycles. The third-order valence-electron chi connectivity index (χ3n) is 2.01. The van der Waals surface area contributed by atoms with Crippen molar-refractivity contribution >= 4 is 5.91 Å². The molecule has 1 amide bonds. The van der Waals surface area contributed by atoms with Crippen molar-refractivity contribution in [2.75, 3.05) is 13.1 Å². The Labute approximate surface area is 85.4 Å². The topological polar surface area (TPSA) is 50.4 Å². The van der Waals surface area contributed by atoms with Crippen molar-refractivity contribution < 1.29 is 9.53 Å². The van der Waals surface area contributed by atoms with E-state index in [0.717, 1.165) is 13.1 Å². The summed E-state index contributed by atoms with van der Waals surface area (Å²) in [5, 5.41) is 5.99. The first-order valence-corrected chi connectivity index (χ1v) is 5.07. The van der Waals surface area contributed by atoms with E-state index in [1.54, 1.807) is 6.92 Å². The Kier molecular flexibility index (Phi) is 3.50. The zero-order valence-corrected chi connectivity index (χ0v) is 9.39. The van der Waals surface area contributed by atoms with Gasteiger partial charge in [-0.05, 0) is 27.7 Å². The van der Waals surface area contributed by atoms with E-state index in [9.17, 15) is 4.79 Å². The average molecular weight is 200 g/mol. The van der Waals surface area contributed by atoms with Crippen LogP contribution in [0.25, 0.3) is 0 Å². The molecule has 0 spiro atoms. The van der Waals surface area contributed by atoms with Gasteiger partial charge in [0.15, 0.2) is 0 Å². The van der Waals surface area contributed by atoms with Crippen molar-refractivity contribution in [3.8, 4) is 0 Å². The molecule has 0 aliphatic carbocycles. The quantitative estimate of drug-likeness (QED) is 0.688. The summed E-state index contributed by atoms with van der Waals surface area (Å²) in [5.74, 6) is -0.0376. The van der Waals surface area contributed by atoms with E-state index >= 15 is 0 Å².